The predicted octanol–water partition coefficient (Wildman–Crippen LogP) is 0.228. The van der Waals surface area contributed by atoms with Crippen LogP contribution in [0.25, 0.3) is 0 Å². The summed E-state index contributed by atoms with van der Waals surface area (Å²) in [6.07, 6.45) is 0.479. The summed E-state index contributed by atoms with van der Waals surface area (Å²) in [5.41, 5.74) is 0. The minimum absolute atomic E-state index is 0.254. The van der Waals surface area contributed by atoms with Crippen molar-refractivity contribution >= 4 is 6.09 Å². The Morgan fingerprint density at radius 3 is 3.00 bits per heavy atom. The highest BCUT2D eigenvalue weighted by atomic mass is 16.5. The molecule has 0 bridgehead atoms. The summed E-state index contributed by atoms with van der Waals surface area (Å²) >= 11 is 0. The number of carbonyl (C=O) groups is 1. The molecule has 0 aromatic carbocycles. The van der Waals surface area contributed by atoms with E-state index >= 15 is 0 Å². The fourth-order valence-electron chi connectivity index (χ4n) is 0.197. The van der Waals surface area contributed by atoms with Crippen LogP contribution in [-0.4, -0.2) is 12.7 Å². The van der Waals surface area contributed by atoms with Crippen LogP contribution < -0.4 is 5.32 Å². The van der Waals surface area contributed by atoms with E-state index in [1.807, 2.05) is 0 Å². The lowest BCUT2D eigenvalue weighted by Gasteiger charge is -1.91. The summed E-state index contributed by atoms with van der Waals surface area (Å²) in [5.74, 6) is 0. The van der Waals surface area contributed by atoms with Gasteiger partial charge in [-0.2, -0.15) is 5.26 Å². The van der Waals surface area contributed by atoms with Crippen LogP contribution in [0.1, 0.15) is 6.92 Å². The Morgan fingerprint density at radius 1 is 2.00 bits per heavy atom. The van der Waals surface area contributed by atoms with Crippen LogP contribution in [0, 0.1) is 11.5 Å². The predicted molar refractivity (Wildman–Crippen MR) is 24.8 cm³/mol. The summed E-state index contributed by atoms with van der Waals surface area (Å²) in [6, 6.07) is 0. The van der Waals surface area contributed by atoms with E-state index < -0.39 is 6.09 Å². The monoisotopic (exact) mass is 113 g/mol. The standard InChI is InChI=1S/C4H5N2O2/c1-2-8-4(7)6-3-5/h2H2,1H3. The van der Waals surface area contributed by atoms with E-state index in [0.29, 0.717) is 0 Å². The molecule has 4 nitrogen and oxygen atoms in total. The molecule has 0 heterocycles. The van der Waals surface area contributed by atoms with E-state index in [0.717, 1.165) is 0 Å². The number of ether oxygens (including phenoxy) is 1. The van der Waals surface area contributed by atoms with Crippen molar-refractivity contribution in [1.82, 2.24) is 5.32 Å². The van der Waals surface area contributed by atoms with Gasteiger partial charge in [-0.15, -0.1) is 0 Å². The van der Waals surface area contributed by atoms with Gasteiger partial charge in [0.1, 0.15) is 0 Å². The summed E-state index contributed by atoms with van der Waals surface area (Å²) in [7, 11) is 0. The first-order chi connectivity index (χ1) is 3.81. The Bertz CT molecular complexity index is 116. The molecular weight excluding hydrogens is 108 g/mol. The molecule has 0 unspecified atom stereocenters. The second-order valence-corrected chi connectivity index (χ2v) is 0.911. The third kappa shape index (κ3) is 2.97. The molecular formula is C4H5N2O2. The van der Waals surface area contributed by atoms with E-state index in [1.165, 1.54) is 6.19 Å². The molecule has 0 fully saturated rings. The molecule has 0 atom stereocenters. The Morgan fingerprint density at radius 2 is 2.62 bits per heavy atom. The van der Waals surface area contributed by atoms with Crippen molar-refractivity contribution in [2.45, 2.75) is 6.92 Å². The van der Waals surface area contributed by atoms with Gasteiger partial charge in [0.05, 0.1) is 6.61 Å². The molecule has 43 valence electrons. The van der Waals surface area contributed by atoms with Crippen LogP contribution in [0.15, 0.2) is 0 Å². The topological polar surface area (TPSA) is 64.2 Å². The van der Waals surface area contributed by atoms with Crippen LogP contribution in [0.4, 0.5) is 4.79 Å². The highest BCUT2D eigenvalue weighted by molar-refractivity contribution is 5.68. The quantitative estimate of drug-likeness (QED) is 0.457. The van der Waals surface area contributed by atoms with Crippen LogP contribution in [0.5, 0.6) is 0 Å². The summed E-state index contributed by atoms with van der Waals surface area (Å²) in [6.45, 7) is 1.90. The molecule has 0 aliphatic carbocycles. The number of amides is 1. The lowest BCUT2D eigenvalue weighted by molar-refractivity contribution is 0.156. The Kier molecular flexibility index (Phi) is 3.32. The number of carbonyl (C=O) groups excluding carboxylic acids is 1. The number of hydrogen-bond acceptors (Lipinski definition) is 3. The van der Waals surface area contributed by atoms with Gasteiger partial charge in [-0.3, -0.25) is 0 Å². The zero-order valence-electron chi connectivity index (χ0n) is 4.42. The molecule has 0 aliphatic heterocycles. The minimum atomic E-state index is -0.824. The van der Waals surface area contributed by atoms with Gasteiger partial charge in [0.25, 0.3) is 0 Å². The number of rotatable bonds is 1. The van der Waals surface area contributed by atoms with Gasteiger partial charge in [-0.05, 0) is 6.92 Å². The van der Waals surface area contributed by atoms with E-state index in [-0.39, 0.29) is 6.61 Å². The molecule has 0 spiro atoms. The first kappa shape index (κ1) is 6.76. The molecule has 0 N–H and O–H groups in total. The Labute approximate surface area is 47.1 Å². The molecule has 0 rings (SSSR count). The van der Waals surface area contributed by atoms with Crippen molar-refractivity contribution < 1.29 is 9.53 Å². The average molecular weight is 113 g/mol. The summed E-state index contributed by atoms with van der Waals surface area (Å²) in [4.78, 5) is 10.0. The molecule has 8 heavy (non-hydrogen) atoms. The molecule has 1 radical (unpaired) electrons. The third-order valence-electron chi connectivity index (χ3n) is 0.409. The van der Waals surface area contributed by atoms with Crippen molar-refractivity contribution in [3.63, 3.8) is 0 Å². The third-order valence-corrected chi connectivity index (χ3v) is 0.409. The van der Waals surface area contributed by atoms with Gasteiger partial charge in [-0.25, -0.2) is 4.79 Å². The van der Waals surface area contributed by atoms with Crippen LogP contribution in [-0.2, 0) is 4.74 Å². The Balaban J connectivity index is 3.23. The summed E-state index contributed by atoms with van der Waals surface area (Å²) < 4.78 is 4.25. The fourth-order valence-corrected chi connectivity index (χ4v) is 0.197. The van der Waals surface area contributed by atoms with Crippen molar-refractivity contribution in [3.05, 3.63) is 0 Å². The minimum Gasteiger partial charge on any atom is -0.448 e. The molecule has 0 aromatic rings. The van der Waals surface area contributed by atoms with Gasteiger partial charge in [0.2, 0.25) is 6.19 Å². The second kappa shape index (κ2) is 3.93. The number of nitriles is 1. The first-order valence-corrected chi connectivity index (χ1v) is 2.07. The van der Waals surface area contributed by atoms with Crippen molar-refractivity contribution in [1.29, 1.82) is 5.26 Å². The second-order valence-electron chi connectivity index (χ2n) is 0.911. The first-order valence-electron chi connectivity index (χ1n) is 2.07. The lowest BCUT2D eigenvalue weighted by Crippen LogP contribution is -2.11. The van der Waals surface area contributed by atoms with E-state index in [4.69, 9.17) is 5.26 Å². The fraction of sp³-hybridized carbons (Fsp3) is 0.500. The van der Waals surface area contributed by atoms with Crippen molar-refractivity contribution in [2.24, 2.45) is 0 Å². The maximum Gasteiger partial charge on any atom is 0.444 e. The molecule has 0 aromatic heterocycles. The van der Waals surface area contributed by atoms with Gasteiger partial charge in [0, 0.05) is 0 Å². The van der Waals surface area contributed by atoms with Crippen molar-refractivity contribution in [3.8, 4) is 6.19 Å². The highest BCUT2D eigenvalue weighted by Crippen LogP contribution is 1.73. The maximum atomic E-state index is 10.0. The van der Waals surface area contributed by atoms with E-state index in [2.05, 4.69) is 10.1 Å². The number of hydrogen-bond donors (Lipinski definition) is 0. The smallest absolute Gasteiger partial charge is 0.444 e. The van der Waals surface area contributed by atoms with E-state index in [9.17, 15) is 4.79 Å². The van der Waals surface area contributed by atoms with Gasteiger partial charge >= 0.3 is 6.09 Å². The molecule has 4 heteroatoms. The Hall–Kier alpha value is -1.24. The lowest BCUT2D eigenvalue weighted by atomic mass is 10.9. The maximum absolute atomic E-state index is 10.0. The van der Waals surface area contributed by atoms with Crippen molar-refractivity contribution in [2.75, 3.05) is 6.61 Å². The molecule has 0 saturated carbocycles. The molecule has 0 saturated heterocycles. The van der Waals surface area contributed by atoms with Gasteiger partial charge < -0.3 is 4.74 Å². The van der Waals surface area contributed by atoms with Crippen LogP contribution >= 0.6 is 0 Å². The number of nitrogens with zero attached hydrogens (tertiary/aromatic N) is 2. The zero-order valence-corrected chi connectivity index (χ0v) is 4.42. The SMILES string of the molecule is CCOC(=O)[N]C#N. The molecule has 1 amide bonds. The van der Waals surface area contributed by atoms with E-state index in [1.54, 1.807) is 6.92 Å². The normalized spacial score (nSPS) is 7.00. The van der Waals surface area contributed by atoms with Gasteiger partial charge in [0.15, 0.2) is 0 Å². The average Bonchev–Trinajstić information content (AvgIpc) is 1.68. The highest BCUT2D eigenvalue weighted by Gasteiger charge is 1.97. The molecule has 0 aliphatic rings. The van der Waals surface area contributed by atoms with Crippen LogP contribution in [0.3, 0.4) is 0 Å². The van der Waals surface area contributed by atoms with Gasteiger partial charge in [-0.1, -0.05) is 5.32 Å². The van der Waals surface area contributed by atoms with Crippen LogP contribution in [0.2, 0.25) is 0 Å². The zero-order chi connectivity index (χ0) is 6.41. The largest absolute Gasteiger partial charge is 0.448 e. The summed E-state index contributed by atoms with van der Waals surface area (Å²) in [5, 5.41) is 10.5.